The molecule has 1 nitrogen and oxygen atoms in total. The summed E-state index contributed by atoms with van der Waals surface area (Å²) in [7, 11) is 0. The molecule has 1 aromatic heterocycles. The van der Waals surface area contributed by atoms with Crippen LogP contribution in [0.25, 0.3) is 82.1 Å². The van der Waals surface area contributed by atoms with E-state index in [4.69, 9.17) is 0 Å². The van der Waals surface area contributed by atoms with Crippen molar-refractivity contribution in [3.05, 3.63) is 164 Å². The fraction of sp³-hybridized carbons (Fsp3) is 0. The van der Waals surface area contributed by atoms with Gasteiger partial charge >= 0.3 is 0 Å². The largest absolute Gasteiger partial charge is 0.309 e. The van der Waals surface area contributed by atoms with E-state index in [0.29, 0.717) is 0 Å². The number of nitrogens with zero attached hydrogens (tertiary/aromatic N) is 1. The van der Waals surface area contributed by atoms with Gasteiger partial charge in [-0.25, -0.2) is 0 Å². The minimum absolute atomic E-state index is 1.17. The zero-order valence-corrected chi connectivity index (χ0v) is 23.5. The van der Waals surface area contributed by atoms with Crippen LogP contribution in [0.1, 0.15) is 0 Å². The van der Waals surface area contributed by atoms with Gasteiger partial charge in [-0.05, 0) is 91.0 Å². The molecular formula is C42H27N. The summed E-state index contributed by atoms with van der Waals surface area (Å²) in [6, 6.07) is 59.8. The smallest absolute Gasteiger partial charge is 0.0547 e. The minimum atomic E-state index is 1.17. The second-order valence-electron chi connectivity index (χ2n) is 11.4. The van der Waals surface area contributed by atoms with E-state index >= 15 is 0 Å². The fourth-order valence-electron chi connectivity index (χ4n) is 6.86. The lowest BCUT2D eigenvalue weighted by atomic mass is 9.95. The Balaban J connectivity index is 1.25. The van der Waals surface area contributed by atoms with Crippen LogP contribution in [0.5, 0.6) is 0 Å². The van der Waals surface area contributed by atoms with Crippen LogP contribution in [-0.2, 0) is 0 Å². The van der Waals surface area contributed by atoms with Crippen LogP contribution >= 0.6 is 0 Å². The van der Waals surface area contributed by atoms with E-state index in [1.807, 2.05) is 0 Å². The molecule has 8 aromatic carbocycles. The molecule has 0 atom stereocenters. The first-order valence-electron chi connectivity index (χ1n) is 14.9. The van der Waals surface area contributed by atoms with Crippen LogP contribution in [0.3, 0.4) is 0 Å². The van der Waals surface area contributed by atoms with Gasteiger partial charge in [0.1, 0.15) is 0 Å². The quantitative estimate of drug-likeness (QED) is 0.195. The van der Waals surface area contributed by atoms with Gasteiger partial charge in [-0.3, -0.25) is 0 Å². The maximum Gasteiger partial charge on any atom is 0.0547 e. The Kier molecular flexibility index (Phi) is 5.27. The summed E-state index contributed by atoms with van der Waals surface area (Å²) in [5, 5.41) is 10.2. The molecule has 0 aliphatic rings. The molecule has 0 fully saturated rings. The van der Waals surface area contributed by atoms with Gasteiger partial charge in [0.05, 0.1) is 11.0 Å². The van der Waals surface area contributed by atoms with Crippen LogP contribution in [0.2, 0.25) is 0 Å². The van der Waals surface area contributed by atoms with Gasteiger partial charge in [-0.15, -0.1) is 0 Å². The lowest BCUT2D eigenvalue weighted by Crippen LogP contribution is -1.93. The van der Waals surface area contributed by atoms with E-state index in [1.54, 1.807) is 0 Å². The van der Waals surface area contributed by atoms with Crippen molar-refractivity contribution >= 4 is 54.1 Å². The molecule has 200 valence electrons. The highest BCUT2D eigenvalue weighted by Crippen LogP contribution is 2.39. The average Bonchev–Trinajstić information content (AvgIpc) is 3.43. The second-order valence-corrected chi connectivity index (χ2v) is 11.4. The van der Waals surface area contributed by atoms with Gasteiger partial charge in [0, 0.05) is 16.5 Å². The number of para-hydroxylation sites is 1. The molecule has 0 amide bonds. The molecule has 0 saturated carbocycles. The summed E-state index contributed by atoms with van der Waals surface area (Å²) >= 11 is 0. The zero-order chi connectivity index (χ0) is 28.3. The number of rotatable bonds is 3. The van der Waals surface area contributed by atoms with Crippen LogP contribution in [-0.4, -0.2) is 4.57 Å². The van der Waals surface area contributed by atoms with E-state index in [0.717, 1.165) is 0 Å². The predicted octanol–water partition coefficient (Wildman–Crippen LogP) is 11.6. The zero-order valence-electron chi connectivity index (χ0n) is 23.5. The van der Waals surface area contributed by atoms with Crippen molar-refractivity contribution in [3.8, 4) is 27.9 Å². The van der Waals surface area contributed by atoms with Crippen molar-refractivity contribution in [2.75, 3.05) is 0 Å². The number of hydrogen-bond acceptors (Lipinski definition) is 0. The Labute approximate surface area is 249 Å². The molecule has 9 aromatic rings. The van der Waals surface area contributed by atoms with E-state index in [1.165, 1.54) is 82.1 Å². The summed E-state index contributed by atoms with van der Waals surface area (Å²) in [4.78, 5) is 0. The Morgan fingerprint density at radius 1 is 0.302 bits per heavy atom. The summed E-state index contributed by atoms with van der Waals surface area (Å²) < 4.78 is 2.41. The molecule has 43 heavy (non-hydrogen) atoms. The van der Waals surface area contributed by atoms with Gasteiger partial charge in [0.25, 0.3) is 0 Å². The normalized spacial score (nSPS) is 11.7. The summed E-state index contributed by atoms with van der Waals surface area (Å²) in [6.07, 6.45) is 0. The molecular weight excluding hydrogens is 518 g/mol. The lowest BCUT2D eigenvalue weighted by Gasteiger charge is -2.11. The second kappa shape index (κ2) is 9.44. The van der Waals surface area contributed by atoms with E-state index in [2.05, 4.69) is 168 Å². The summed E-state index contributed by atoms with van der Waals surface area (Å²) in [6.45, 7) is 0. The molecule has 0 bridgehead atoms. The fourth-order valence-corrected chi connectivity index (χ4v) is 6.86. The van der Waals surface area contributed by atoms with Crippen molar-refractivity contribution in [2.24, 2.45) is 0 Å². The highest BCUT2D eigenvalue weighted by atomic mass is 15.0. The highest BCUT2D eigenvalue weighted by Gasteiger charge is 2.15. The lowest BCUT2D eigenvalue weighted by molar-refractivity contribution is 1.18. The third-order valence-electron chi connectivity index (χ3n) is 8.97. The monoisotopic (exact) mass is 545 g/mol. The molecule has 0 N–H and O–H groups in total. The van der Waals surface area contributed by atoms with E-state index in [9.17, 15) is 0 Å². The van der Waals surface area contributed by atoms with Gasteiger partial charge < -0.3 is 4.57 Å². The van der Waals surface area contributed by atoms with E-state index in [-0.39, 0.29) is 0 Å². The number of benzene rings is 8. The summed E-state index contributed by atoms with van der Waals surface area (Å²) in [5.41, 5.74) is 8.55. The predicted molar refractivity (Wildman–Crippen MR) is 184 cm³/mol. The Hall–Kier alpha value is -5.66. The van der Waals surface area contributed by atoms with Gasteiger partial charge in [0.2, 0.25) is 0 Å². The molecule has 0 radical (unpaired) electrons. The maximum atomic E-state index is 2.41. The van der Waals surface area contributed by atoms with Crippen molar-refractivity contribution in [1.82, 2.24) is 4.57 Å². The SMILES string of the molecule is c1ccc(-c2ccc(-n3c4ccccc4c4c5cc(-c6ccc7ccc8ccccc8c7c6)ccc5ccc43)cc2)cc1. The standard InChI is InChI=1S/C42H27N/c1-2-8-28(9-3-1)29-20-23-35(24-21-29)43-40-13-7-6-12-37(40)42-39-27-34(19-17-32(39)22-25-41(42)43)33-18-16-31-15-14-30-10-4-5-11-36(30)38(31)26-33/h1-27H. The molecule has 0 spiro atoms. The third kappa shape index (κ3) is 3.79. The van der Waals surface area contributed by atoms with Gasteiger partial charge in [0.15, 0.2) is 0 Å². The number of fused-ring (bicyclic) bond motifs is 8. The Bertz CT molecular complexity index is 2480. The Morgan fingerprint density at radius 3 is 1.63 bits per heavy atom. The maximum absolute atomic E-state index is 2.41. The molecule has 1 heteroatoms. The van der Waals surface area contributed by atoms with Crippen molar-refractivity contribution < 1.29 is 0 Å². The molecule has 0 aliphatic heterocycles. The third-order valence-corrected chi connectivity index (χ3v) is 8.97. The van der Waals surface area contributed by atoms with Crippen LogP contribution < -0.4 is 0 Å². The summed E-state index contributed by atoms with van der Waals surface area (Å²) in [5.74, 6) is 0. The molecule has 0 saturated heterocycles. The first-order chi connectivity index (χ1) is 21.3. The van der Waals surface area contributed by atoms with Crippen molar-refractivity contribution in [1.29, 1.82) is 0 Å². The van der Waals surface area contributed by atoms with Crippen molar-refractivity contribution in [3.63, 3.8) is 0 Å². The molecule has 9 rings (SSSR count). The van der Waals surface area contributed by atoms with Crippen LogP contribution in [0.15, 0.2) is 164 Å². The number of aromatic nitrogens is 1. The minimum Gasteiger partial charge on any atom is -0.309 e. The van der Waals surface area contributed by atoms with Gasteiger partial charge in [-0.1, -0.05) is 127 Å². The van der Waals surface area contributed by atoms with Crippen LogP contribution in [0, 0.1) is 0 Å². The van der Waals surface area contributed by atoms with Gasteiger partial charge in [-0.2, -0.15) is 0 Å². The van der Waals surface area contributed by atoms with Crippen LogP contribution in [0.4, 0.5) is 0 Å². The average molecular weight is 546 g/mol. The first-order valence-corrected chi connectivity index (χ1v) is 14.9. The highest BCUT2D eigenvalue weighted by molar-refractivity contribution is 6.22. The first kappa shape index (κ1) is 24.0. The number of hydrogen-bond donors (Lipinski definition) is 0. The molecule has 0 unspecified atom stereocenters. The van der Waals surface area contributed by atoms with E-state index < -0.39 is 0 Å². The Morgan fingerprint density at radius 2 is 0.837 bits per heavy atom. The van der Waals surface area contributed by atoms with Crippen molar-refractivity contribution in [2.45, 2.75) is 0 Å². The molecule has 0 aliphatic carbocycles. The molecule has 1 heterocycles. The topological polar surface area (TPSA) is 4.93 Å².